The first kappa shape index (κ1) is 19.2. The van der Waals surface area contributed by atoms with Crippen LogP contribution in [0.5, 0.6) is 23.1 Å². The average molecular weight is 382 g/mol. The minimum atomic E-state index is -0.333. The fraction of sp³-hybridized carbons (Fsp3) is 0.143. The standard InChI is InChI=1S/C21H19FN2O4/c1-26-18-9-4-15(11-19(18)27-2)21(25)24-13-14-3-10-20(23-12-14)28-17-7-5-16(22)6-8-17/h3-12H,13H2,1-2H3,(H,24,25). The van der Waals surface area contributed by atoms with E-state index in [0.29, 0.717) is 35.2 Å². The van der Waals surface area contributed by atoms with Gasteiger partial charge in [0.25, 0.3) is 5.91 Å². The van der Waals surface area contributed by atoms with Gasteiger partial charge >= 0.3 is 0 Å². The van der Waals surface area contributed by atoms with Crippen LogP contribution in [0.1, 0.15) is 15.9 Å². The molecule has 0 aliphatic carbocycles. The van der Waals surface area contributed by atoms with Crippen LogP contribution in [0.2, 0.25) is 0 Å². The molecule has 0 saturated heterocycles. The highest BCUT2D eigenvalue weighted by Gasteiger charge is 2.10. The monoisotopic (exact) mass is 382 g/mol. The van der Waals surface area contributed by atoms with Crippen LogP contribution in [-0.2, 0) is 6.54 Å². The summed E-state index contributed by atoms with van der Waals surface area (Å²) in [4.78, 5) is 16.5. The van der Waals surface area contributed by atoms with E-state index in [-0.39, 0.29) is 11.7 Å². The Hall–Kier alpha value is -3.61. The predicted octanol–water partition coefficient (Wildman–Crippen LogP) is 3.96. The first-order valence-electron chi connectivity index (χ1n) is 8.47. The van der Waals surface area contributed by atoms with Crippen LogP contribution in [0.25, 0.3) is 0 Å². The van der Waals surface area contributed by atoms with E-state index in [1.807, 2.05) is 0 Å². The molecule has 2 aromatic carbocycles. The van der Waals surface area contributed by atoms with E-state index in [0.717, 1.165) is 5.56 Å². The Morgan fingerprint density at radius 2 is 1.75 bits per heavy atom. The summed E-state index contributed by atoms with van der Waals surface area (Å²) in [6.07, 6.45) is 1.60. The van der Waals surface area contributed by atoms with Crippen LogP contribution in [-0.4, -0.2) is 25.1 Å². The zero-order valence-corrected chi connectivity index (χ0v) is 15.4. The van der Waals surface area contributed by atoms with Gasteiger partial charge in [-0.15, -0.1) is 0 Å². The van der Waals surface area contributed by atoms with E-state index in [9.17, 15) is 9.18 Å². The Labute approximate surface area is 161 Å². The summed E-state index contributed by atoms with van der Waals surface area (Å²) in [5, 5.41) is 2.82. The molecule has 0 fully saturated rings. The summed E-state index contributed by atoms with van der Waals surface area (Å²) in [5.74, 6) is 1.33. The minimum Gasteiger partial charge on any atom is -0.493 e. The van der Waals surface area contributed by atoms with Crippen molar-refractivity contribution in [2.24, 2.45) is 0 Å². The molecule has 144 valence electrons. The summed E-state index contributed by atoms with van der Waals surface area (Å²) in [5.41, 5.74) is 1.27. The Bertz CT molecular complexity index is 944. The number of carbonyl (C=O) groups excluding carboxylic acids is 1. The molecule has 3 aromatic rings. The molecule has 6 nitrogen and oxygen atoms in total. The van der Waals surface area contributed by atoms with E-state index < -0.39 is 0 Å². The molecule has 1 N–H and O–H groups in total. The number of halogens is 1. The number of benzene rings is 2. The van der Waals surface area contributed by atoms with Crippen molar-refractivity contribution < 1.29 is 23.4 Å². The quantitative estimate of drug-likeness (QED) is 0.670. The smallest absolute Gasteiger partial charge is 0.251 e. The third-order valence-electron chi connectivity index (χ3n) is 3.93. The number of methoxy groups -OCH3 is 2. The molecule has 0 bridgehead atoms. The van der Waals surface area contributed by atoms with E-state index in [1.54, 1.807) is 36.5 Å². The van der Waals surface area contributed by atoms with Crippen LogP contribution in [0, 0.1) is 5.82 Å². The van der Waals surface area contributed by atoms with Gasteiger partial charge in [0, 0.05) is 24.4 Å². The molecule has 3 rings (SSSR count). The van der Waals surface area contributed by atoms with Crippen molar-refractivity contribution in [3.05, 3.63) is 77.7 Å². The second kappa shape index (κ2) is 8.85. The highest BCUT2D eigenvalue weighted by Crippen LogP contribution is 2.27. The van der Waals surface area contributed by atoms with Gasteiger partial charge in [-0.3, -0.25) is 4.79 Å². The molecule has 0 aliphatic heterocycles. The molecule has 28 heavy (non-hydrogen) atoms. The Morgan fingerprint density at radius 3 is 2.39 bits per heavy atom. The highest BCUT2D eigenvalue weighted by atomic mass is 19.1. The number of amides is 1. The Balaban J connectivity index is 1.58. The molecule has 0 unspecified atom stereocenters. The maximum Gasteiger partial charge on any atom is 0.251 e. The number of aromatic nitrogens is 1. The van der Waals surface area contributed by atoms with Crippen molar-refractivity contribution in [3.8, 4) is 23.1 Å². The van der Waals surface area contributed by atoms with Crippen molar-refractivity contribution in [3.63, 3.8) is 0 Å². The number of carbonyl (C=O) groups is 1. The van der Waals surface area contributed by atoms with Crippen molar-refractivity contribution in [1.29, 1.82) is 0 Å². The first-order valence-corrected chi connectivity index (χ1v) is 8.47. The molecule has 0 radical (unpaired) electrons. The molecule has 7 heteroatoms. The zero-order valence-electron chi connectivity index (χ0n) is 15.4. The largest absolute Gasteiger partial charge is 0.493 e. The number of nitrogens with zero attached hydrogens (tertiary/aromatic N) is 1. The molecule has 1 amide bonds. The van der Waals surface area contributed by atoms with Gasteiger partial charge in [0.15, 0.2) is 11.5 Å². The van der Waals surface area contributed by atoms with Crippen LogP contribution in [0.4, 0.5) is 4.39 Å². The summed E-state index contributed by atoms with van der Waals surface area (Å²) >= 11 is 0. The third-order valence-corrected chi connectivity index (χ3v) is 3.93. The van der Waals surface area contributed by atoms with E-state index in [1.165, 1.54) is 38.5 Å². The minimum absolute atomic E-state index is 0.243. The van der Waals surface area contributed by atoms with E-state index >= 15 is 0 Å². The lowest BCUT2D eigenvalue weighted by atomic mass is 10.2. The lowest BCUT2D eigenvalue weighted by Crippen LogP contribution is -2.22. The summed E-state index contributed by atoms with van der Waals surface area (Å²) < 4.78 is 28.8. The molecule has 0 atom stereocenters. The number of pyridine rings is 1. The van der Waals surface area contributed by atoms with Gasteiger partial charge in [0.05, 0.1) is 14.2 Å². The average Bonchev–Trinajstić information content (AvgIpc) is 2.74. The van der Waals surface area contributed by atoms with Crippen molar-refractivity contribution in [2.75, 3.05) is 14.2 Å². The number of nitrogens with one attached hydrogen (secondary N) is 1. The molecular formula is C21H19FN2O4. The Kier molecular flexibility index (Phi) is 6.06. The molecule has 1 aromatic heterocycles. The molecular weight excluding hydrogens is 363 g/mol. The number of hydrogen-bond donors (Lipinski definition) is 1. The van der Waals surface area contributed by atoms with Gasteiger partial charge in [-0.1, -0.05) is 6.07 Å². The van der Waals surface area contributed by atoms with E-state index in [2.05, 4.69) is 10.3 Å². The summed E-state index contributed by atoms with van der Waals surface area (Å²) in [7, 11) is 3.05. The molecule has 0 saturated carbocycles. The lowest BCUT2D eigenvalue weighted by molar-refractivity contribution is 0.0950. The normalized spacial score (nSPS) is 10.2. The molecule has 1 heterocycles. The van der Waals surface area contributed by atoms with Gasteiger partial charge in [-0.25, -0.2) is 9.37 Å². The van der Waals surface area contributed by atoms with Gasteiger partial charge in [-0.2, -0.15) is 0 Å². The van der Waals surface area contributed by atoms with Gasteiger partial charge in [0.2, 0.25) is 5.88 Å². The van der Waals surface area contributed by atoms with Crippen LogP contribution >= 0.6 is 0 Å². The van der Waals surface area contributed by atoms with Crippen LogP contribution < -0.4 is 19.5 Å². The van der Waals surface area contributed by atoms with E-state index in [4.69, 9.17) is 14.2 Å². The van der Waals surface area contributed by atoms with Gasteiger partial charge in [-0.05, 0) is 48.0 Å². The molecule has 0 aliphatic rings. The van der Waals surface area contributed by atoms with Crippen molar-refractivity contribution >= 4 is 5.91 Å². The topological polar surface area (TPSA) is 69.7 Å². The zero-order chi connectivity index (χ0) is 19.9. The fourth-order valence-electron chi connectivity index (χ4n) is 2.46. The highest BCUT2D eigenvalue weighted by molar-refractivity contribution is 5.94. The maximum absolute atomic E-state index is 12.9. The molecule has 0 spiro atoms. The van der Waals surface area contributed by atoms with Crippen LogP contribution in [0.3, 0.4) is 0 Å². The fourth-order valence-corrected chi connectivity index (χ4v) is 2.46. The van der Waals surface area contributed by atoms with Crippen LogP contribution in [0.15, 0.2) is 60.8 Å². The van der Waals surface area contributed by atoms with Crippen molar-refractivity contribution in [2.45, 2.75) is 6.54 Å². The lowest BCUT2D eigenvalue weighted by Gasteiger charge is -2.10. The van der Waals surface area contributed by atoms with Gasteiger partial charge in [0.1, 0.15) is 11.6 Å². The second-order valence-electron chi connectivity index (χ2n) is 5.81. The van der Waals surface area contributed by atoms with Crippen molar-refractivity contribution in [1.82, 2.24) is 10.3 Å². The third kappa shape index (κ3) is 4.76. The number of rotatable bonds is 7. The predicted molar refractivity (Wildman–Crippen MR) is 101 cm³/mol. The summed E-state index contributed by atoms with van der Waals surface area (Å²) in [6.45, 7) is 0.303. The summed E-state index contributed by atoms with van der Waals surface area (Å²) in [6, 6.07) is 14.1. The Morgan fingerprint density at radius 1 is 1.00 bits per heavy atom. The van der Waals surface area contributed by atoms with Gasteiger partial charge < -0.3 is 19.5 Å². The maximum atomic E-state index is 12.9. The SMILES string of the molecule is COc1ccc(C(=O)NCc2ccc(Oc3ccc(F)cc3)nc2)cc1OC. The first-order chi connectivity index (χ1) is 13.6. The number of ether oxygens (including phenoxy) is 3. The second-order valence-corrected chi connectivity index (χ2v) is 5.81. The number of hydrogen-bond acceptors (Lipinski definition) is 5.